The van der Waals surface area contributed by atoms with Crippen molar-refractivity contribution in [2.75, 3.05) is 26.8 Å². The maximum absolute atomic E-state index is 5.98. The van der Waals surface area contributed by atoms with E-state index in [-0.39, 0.29) is 6.10 Å². The summed E-state index contributed by atoms with van der Waals surface area (Å²) < 4.78 is 11.0. The molecule has 0 heterocycles. The Morgan fingerprint density at radius 1 is 1.22 bits per heavy atom. The van der Waals surface area contributed by atoms with Crippen LogP contribution in [0, 0.1) is 20.8 Å². The Bertz CT molecular complexity index is 377. The van der Waals surface area contributed by atoms with Crippen molar-refractivity contribution in [3.63, 3.8) is 0 Å². The second-order valence-corrected chi connectivity index (χ2v) is 4.83. The number of hydrogen-bond acceptors (Lipinski definition) is 3. The molecule has 0 fully saturated rings. The topological polar surface area (TPSA) is 30.5 Å². The van der Waals surface area contributed by atoms with Crippen molar-refractivity contribution in [1.29, 1.82) is 0 Å². The average molecular weight is 251 g/mol. The number of rotatable bonds is 7. The molecule has 0 spiro atoms. The molecule has 0 aliphatic rings. The van der Waals surface area contributed by atoms with Gasteiger partial charge in [0.1, 0.15) is 11.9 Å². The lowest BCUT2D eigenvalue weighted by Gasteiger charge is -2.18. The molecular formula is C15H25NO2. The Hall–Kier alpha value is -1.06. The van der Waals surface area contributed by atoms with Crippen LogP contribution in [-0.2, 0) is 4.74 Å². The normalized spacial score (nSPS) is 12.5. The van der Waals surface area contributed by atoms with Gasteiger partial charge in [0, 0.05) is 20.2 Å². The molecule has 3 heteroatoms. The third-order valence-corrected chi connectivity index (χ3v) is 3.01. The van der Waals surface area contributed by atoms with E-state index in [4.69, 9.17) is 9.47 Å². The summed E-state index contributed by atoms with van der Waals surface area (Å²) in [7, 11) is 1.71. The zero-order valence-corrected chi connectivity index (χ0v) is 12.2. The average Bonchev–Trinajstić information content (AvgIpc) is 2.31. The summed E-state index contributed by atoms with van der Waals surface area (Å²) in [5.41, 5.74) is 3.75. The van der Waals surface area contributed by atoms with E-state index >= 15 is 0 Å². The summed E-state index contributed by atoms with van der Waals surface area (Å²) in [6, 6.07) is 4.29. The first-order chi connectivity index (χ1) is 8.54. The molecule has 0 aliphatic heterocycles. The highest BCUT2D eigenvalue weighted by Crippen LogP contribution is 2.24. The summed E-state index contributed by atoms with van der Waals surface area (Å²) in [6.45, 7) is 10.8. The molecule has 0 saturated heterocycles. The molecule has 1 unspecified atom stereocenters. The monoisotopic (exact) mass is 251 g/mol. The van der Waals surface area contributed by atoms with Crippen molar-refractivity contribution in [2.45, 2.75) is 33.8 Å². The maximum atomic E-state index is 5.98. The van der Waals surface area contributed by atoms with Gasteiger partial charge in [-0.05, 0) is 50.5 Å². The van der Waals surface area contributed by atoms with Crippen LogP contribution in [0.5, 0.6) is 5.75 Å². The van der Waals surface area contributed by atoms with Gasteiger partial charge in [0.15, 0.2) is 0 Å². The zero-order chi connectivity index (χ0) is 13.5. The standard InChI is InChI=1S/C15H25NO2/c1-11-8-12(2)14(4)15(9-11)18-13(3)10-16-6-7-17-5/h8-9,13,16H,6-7,10H2,1-5H3. The van der Waals surface area contributed by atoms with Gasteiger partial charge in [0.25, 0.3) is 0 Å². The molecule has 0 radical (unpaired) electrons. The highest BCUT2D eigenvalue weighted by Gasteiger charge is 2.08. The zero-order valence-electron chi connectivity index (χ0n) is 12.2. The molecule has 0 aromatic heterocycles. The van der Waals surface area contributed by atoms with Gasteiger partial charge in [0.05, 0.1) is 6.61 Å². The second-order valence-electron chi connectivity index (χ2n) is 4.83. The molecular weight excluding hydrogens is 226 g/mol. The van der Waals surface area contributed by atoms with Crippen LogP contribution in [0.1, 0.15) is 23.6 Å². The molecule has 102 valence electrons. The molecule has 18 heavy (non-hydrogen) atoms. The summed E-state index contributed by atoms with van der Waals surface area (Å²) in [5.74, 6) is 0.994. The van der Waals surface area contributed by atoms with Crippen LogP contribution in [0.2, 0.25) is 0 Å². The van der Waals surface area contributed by atoms with E-state index in [0.717, 1.165) is 25.4 Å². The van der Waals surface area contributed by atoms with Gasteiger partial charge in [-0.1, -0.05) is 6.07 Å². The van der Waals surface area contributed by atoms with Crippen LogP contribution in [0.4, 0.5) is 0 Å². The number of nitrogens with one attached hydrogen (secondary N) is 1. The van der Waals surface area contributed by atoms with Crippen LogP contribution in [0.3, 0.4) is 0 Å². The van der Waals surface area contributed by atoms with Crippen molar-refractivity contribution in [2.24, 2.45) is 0 Å². The van der Waals surface area contributed by atoms with Crippen LogP contribution in [0.15, 0.2) is 12.1 Å². The van der Waals surface area contributed by atoms with Crippen molar-refractivity contribution < 1.29 is 9.47 Å². The van der Waals surface area contributed by atoms with Crippen LogP contribution in [0.25, 0.3) is 0 Å². The minimum absolute atomic E-state index is 0.154. The Morgan fingerprint density at radius 3 is 2.61 bits per heavy atom. The SMILES string of the molecule is COCCNCC(C)Oc1cc(C)cc(C)c1C. The number of aryl methyl sites for hydroxylation is 2. The minimum atomic E-state index is 0.154. The lowest BCUT2D eigenvalue weighted by molar-refractivity contribution is 0.183. The van der Waals surface area contributed by atoms with Crippen molar-refractivity contribution in [1.82, 2.24) is 5.32 Å². The van der Waals surface area contributed by atoms with Gasteiger partial charge >= 0.3 is 0 Å². The molecule has 1 N–H and O–H groups in total. The minimum Gasteiger partial charge on any atom is -0.489 e. The Morgan fingerprint density at radius 2 is 1.94 bits per heavy atom. The van der Waals surface area contributed by atoms with E-state index in [2.05, 4.69) is 45.1 Å². The van der Waals surface area contributed by atoms with Crippen LogP contribution >= 0.6 is 0 Å². The molecule has 0 amide bonds. The quantitative estimate of drug-likeness (QED) is 0.756. The largest absolute Gasteiger partial charge is 0.489 e. The van der Waals surface area contributed by atoms with E-state index < -0.39 is 0 Å². The van der Waals surface area contributed by atoms with Gasteiger partial charge in [-0.25, -0.2) is 0 Å². The Kier molecular flexibility index (Phi) is 6.16. The lowest BCUT2D eigenvalue weighted by Crippen LogP contribution is -2.31. The van der Waals surface area contributed by atoms with Gasteiger partial charge in [-0.3, -0.25) is 0 Å². The van der Waals surface area contributed by atoms with E-state index in [1.54, 1.807) is 7.11 Å². The molecule has 1 rings (SSSR count). The Labute approximate surface area is 110 Å². The fraction of sp³-hybridized carbons (Fsp3) is 0.600. The highest BCUT2D eigenvalue weighted by molar-refractivity contribution is 5.42. The number of benzene rings is 1. The van der Waals surface area contributed by atoms with E-state index in [1.807, 2.05) is 0 Å². The predicted octanol–water partition coefficient (Wildman–Crippen LogP) is 2.62. The van der Waals surface area contributed by atoms with Crippen LogP contribution in [-0.4, -0.2) is 32.9 Å². The molecule has 0 aliphatic carbocycles. The van der Waals surface area contributed by atoms with Gasteiger partial charge in [0.2, 0.25) is 0 Å². The summed E-state index contributed by atoms with van der Waals surface area (Å²) in [5, 5.41) is 3.31. The second kappa shape index (κ2) is 7.39. The van der Waals surface area contributed by atoms with Crippen molar-refractivity contribution >= 4 is 0 Å². The van der Waals surface area contributed by atoms with Crippen molar-refractivity contribution in [3.05, 3.63) is 28.8 Å². The fourth-order valence-corrected chi connectivity index (χ4v) is 1.86. The lowest BCUT2D eigenvalue weighted by atomic mass is 10.1. The van der Waals surface area contributed by atoms with Gasteiger partial charge in [-0.2, -0.15) is 0 Å². The third-order valence-electron chi connectivity index (χ3n) is 3.01. The molecule has 0 bridgehead atoms. The molecule has 0 saturated carbocycles. The summed E-state index contributed by atoms with van der Waals surface area (Å²) in [6.07, 6.45) is 0.154. The summed E-state index contributed by atoms with van der Waals surface area (Å²) >= 11 is 0. The number of hydrogen-bond donors (Lipinski definition) is 1. The first-order valence-electron chi connectivity index (χ1n) is 6.48. The Balaban J connectivity index is 2.51. The van der Waals surface area contributed by atoms with E-state index in [1.165, 1.54) is 16.7 Å². The molecule has 1 aromatic carbocycles. The summed E-state index contributed by atoms with van der Waals surface area (Å²) in [4.78, 5) is 0. The first-order valence-corrected chi connectivity index (χ1v) is 6.48. The number of methoxy groups -OCH3 is 1. The smallest absolute Gasteiger partial charge is 0.123 e. The van der Waals surface area contributed by atoms with Gasteiger partial charge in [-0.15, -0.1) is 0 Å². The predicted molar refractivity (Wildman–Crippen MR) is 75.5 cm³/mol. The van der Waals surface area contributed by atoms with Crippen LogP contribution < -0.4 is 10.1 Å². The highest BCUT2D eigenvalue weighted by atomic mass is 16.5. The van der Waals surface area contributed by atoms with E-state index in [9.17, 15) is 0 Å². The molecule has 1 aromatic rings. The third kappa shape index (κ3) is 4.67. The fourth-order valence-electron chi connectivity index (χ4n) is 1.86. The maximum Gasteiger partial charge on any atom is 0.123 e. The van der Waals surface area contributed by atoms with Gasteiger partial charge < -0.3 is 14.8 Å². The number of ether oxygens (including phenoxy) is 2. The van der Waals surface area contributed by atoms with E-state index in [0.29, 0.717) is 0 Å². The molecule has 1 atom stereocenters. The first kappa shape index (κ1) is 15.0. The molecule has 3 nitrogen and oxygen atoms in total. The van der Waals surface area contributed by atoms with Crippen molar-refractivity contribution in [3.8, 4) is 5.75 Å².